The lowest BCUT2D eigenvalue weighted by atomic mass is 10.1. The number of hydrogen-bond acceptors (Lipinski definition) is 2. The Hall–Kier alpha value is -1.16. The van der Waals surface area contributed by atoms with E-state index in [1.165, 1.54) is 16.7 Å². The van der Waals surface area contributed by atoms with Gasteiger partial charge in [-0.1, -0.05) is 52.3 Å². The van der Waals surface area contributed by atoms with E-state index in [1.807, 2.05) is 0 Å². The van der Waals surface area contributed by atoms with Crippen LogP contribution >= 0.6 is 15.9 Å². The number of benzene rings is 2. The van der Waals surface area contributed by atoms with Gasteiger partial charge in [-0.3, -0.25) is 0 Å². The van der Waals surface area contributed by atoms with Gasteiger partial charge in [0.25, 0.3) is 0 Å². The molecule has 0 spiro atoms. The molecular formula is C17H20BrNO. The molecule has 2 aromatic carbocycles. The van der Waals surface area contributed by atoms with Crippen LogP contribution < -0.4 is 5.32 Å². The van der Waals surface area contributed by atoms with Crippen LogP contribution in [-0.2, 0) is 17.9 Å². The maximum Gasteiger partial charge on any atom is 0.0713 e. The van der Waals surface area contributed by atoms with Crippen LogP contribution in [0.5, 0.6) is 0 Å². The first kappa shape index (κ1) is 15.2. The molecule has 1 N–H and O–H groups in total. The first-order chi connectivity index (χ1) is 9.69. The predicted octanol–water partition coefficient (Wildman–Crippen LogP) is 4.45. The molecular weight excluding hydrogens is 314 g/mol. The Kier molecular flexibility index (Phi) is 5.77. The van der Waals surface area contributed by atoms with Crippen LogP contribution in [0.2, 0.25) is 0 Å². The van der Waals surface area contributed by atoms with Gasteiger partial charge >= 0.3 is 0 Å². The van der Waals surface area contributed by atoms with Crippen molar-refractivity contribution in [2.24, 2.45) is 0 Å². The van der Waals surface area contributed by atoms with Crippen molar-refractivity contribution in [3.8, 4) is 0 Å². The number of ether oxygens (including phenoxy) is 1. The Balaban J connectivity index is 1.94. The lowest BCUT2D eigenvalue weighted by Gasteiger charge is -2.15. The Bertz CT molecular complexity index is 539. The fraction of sp³-hybridized carbons (Fsp3) is 0.294. The fourth-order valence-corrected chi connectivity index (χ4v) is 2.40. The standard InChI is InChI=1S/C17H20BrNO/c1-13(16-6-8-17(18)9-7-16)19-11-14-4-3-5-15(10-14)12-20-2/h3-10,13,19H,11-12H2,1-2H3/t13-/m0/s1. The van der Waals surface area contributed by atoms with Crippen LogP contribution in [0.1, 0.15) is 29.7 Å². The van der Waals surface area contributed by atoms with Gasteiger partial charge in [0.05, 0.1) is 6.61 Å². The molecule has 20 heavy (non-hydrogen) atoms. The van der Waals surface area contributed by atoms with Crippen LogP contribution in [0.4, 0.5) is 0 Å². The molecule has 0 aliphatic carbocycles. The maximum atomic E-state index is 5.16. The molecule has 2 nitrogen and oxygen atoms in total. The Morgan fingerprint density at radius 3 is 2.50 bits per heavy atom. The second-order valence-electron chi connectivity index (χ2n) is 4.91. The first-order valence-electron chi connectivity index (χ1n) is 6.74. The highest BCUT2D eigenvalue weighted by molar-refractivity contribution is 9.10. The van der Waals surface area contributed by atoms with E-state index in [9.17, 15) is 0 Å². The SMILES string of the molecule is COCc1cccc(CN[C@@H](C)c2ccc(Br)cc2)c1. The van der Waals surface area contributed by atoms with Gasteiger partial charge in [0, 0.05) is 24.2 Å². The van der Waals surface area contributed by atoms with Crippen LogP contribution in [0.3, 0.4) is 0 Å². The molecule has 106 valence electrons. The molecule has 0 saturated heterocycles. The maximum absolute atomic E-state index is 5.16. The van der Waals surface area contributed by atoms with Crippen molar-refractivity contribution in [2.45, 2.75) is 26.1 Å². The van der Waals surface area contributed by atoms with E-state index in [1.54, 1.807) is 7.11 Å². The van der Waals surface area contributed by atoms with E-state index in [0.29, 0.717) is 12.6 Å². The molecule has 0 saturated carbocycles. The Labute approximate surface area is 129 Å². The fourth-order valence-electron chi connectivity index (χ4n) is 2.14. The van der Waals surface area contributed by atoms with Gasteiger partial charge in [0.2, 0.25) is 0 Å². The van der Waals surface area contributed by atoms with Crippen molar-refractivity contribution in [3.63, 3.8) is 0 Å². The summed E-state index contributed by atoms with van der Waals surface area (Å²) in [7, 11) is 1.72. The van der Waals surface area contributed by atoms with Gasteiger partial charge in [0.1, 0.15) is 0 Å². The molecule has 0 bridgehead atoms. The van der Waals surface area contributed by atoms with Crippen molar-refractivity contribution < 1.29 is 4.74 Å². The van der Waals surface area contributed by atoms with E-state index < -0.39 is 0 Å². The van der Waals surface area contributed by atoms with Crippen molar-refractivity contribution in [2.75, 3.05) is 7.11 Å². The molecule has 0 unspecified atom stereocenters. The molecule has 3 heteroatoms. The van der Waals surface area contributed by atoms with Gasteiger partial charge in [0.15, 0.2) is 0 Å². The molecule has 0 radical (unpaired) electrons. The molecule has 0 fully saturated rings. The van der Waals surface area contributed by atoms with E-state index in [4.69, 9.17) is 4.74 Å². The van der Waals surface area contributed by atoms with Gasteiger partial charge in [-0.2, -0.15) is 0 Å². The van der Waals surface area contributed by atoms with Crippen LogP contribution in [0.25, 0.3) is 0 Å². The highest BCUT2D eigenvalue weighted by atomic mass is 79.9. The number of hydrogen-bond donors (Lipinski definition) is 1. The summed E-state index contributed by atoms with van der Waals surface area (Å²) in [5.74, 6) is 0. The third-order valence-corrected chi connectivity index (χ3v) is 3.81. The van der Waals surface area contributed by atoms with Gasteiger partial charge in [-0.15, -0.1) is 0 Å². The van der Waals surface area contributed by atoms with Gasteiger partial charge in [-0.05, 0) is 35.7 Å². The molecule has 0 aliphatic rings. The van der Waals surface area contributed by atoms with Gasteiger partial charge in [-0.25, -0.2) is 0 Å². The zero-order chi connectivity index (χ0) is 14.4. The lowest BCUT2D eigenvalue weighted by molar-refractivity contribution is 0.185. The van der Waals surface area contributed by atoms with Crippen LogP contribution in [0, 0.1) is 0 Å². The summed E-state index contributed by atoms with van der Waals surface area (Å²) in [5, 5.41) is 3.55. The highest BCUT2D eigenvalue weighted by Crippen LogP contribution is 2.17. The number of methoxy groups -OCH3 is 1. The minimum Gasteiger partial charge on any atom is -0.380 e. The second kappa shape index (κ2) is 7.58. The highest BCUT2D eigenvalue weighted by Gasteiger charge is 2.05. The Morgan fingerprint density at radius 2 is 1.80 bits per heavy atom. The van der Waals surface area contributed by atoms with Crippen molar-refractivity contribution in [3.05, 3.63) is 69.7 Å². The van der Waals surface area contributed by atoms with E-state index in [0.717, 1.165) is 11.0 Å². The molecule has 0 amide bonds. The molecule has 1 atom stereocenters. The molecule has 2 aromatic rings. The monoisotopic (exact) mass is 333 g/mol. The summed E-state index contributed by atoms with van der Waals surface area (Å²) in [5.41, 5.74) is 3.79. The smallest absolute Gasteiger partial charge is 0.0713 e. The molecule has 2 rings (SSSR count). The van der Waals surface area contributed by atoms with Crippen LogP contribution in [-0.4, -0.2) is 7.11 Å². The van der Waals surface area contributed by atoms with E-state index in [-0.39, 0.29) is 0 Å². The average Bonchev–Trinajstić information content (AvgIpc) is 2.46. The number of nitrogens with one attached hydrogen (secondary N) is 1. The third kappa shape index (κ3) is 4.44. The van der Waals surface area contributed by atoms with Crippen molar-refractivity contribution >= 4 is 15.9 Å². The van der Waals surface area contributed by atoms with E-state index in [2.05, 4.69) is 76.7 Å². The first-order valence-corrected chi connectivity index (χ1v) is 7.54. The largest absolute Gasteiger partial charge is 0.380 e. The molecule has 0 aromatic heterocycles. The number of rotatable bonds is 6. The minimum absolute atomic E-state index is 0.328. The zero-order valence-electron chi connectivity index (χ0n) is 11.9. The summed E-state index contributed by atoms with van der Waals surface area (Å²) in [4.78, 5) is 0. The topological polar surface area (TPSA) is 21.3 Å². The van der Waals surface area contributed by atoms with Crippen LogP contribution in [0.15, 0.2) is 53.0 Å². The summed E-state index contributed by atoms with van der Waals surface area (Å²) >= 11 is 3.46. The summed E-state index contributed by atoms with van der Waals surface area (Å²) in [6, 6.07) is 17.3. The van der Waals surface area contributed by atoms with Crippen molar-refractivity contribution in [1.29, 1.82) is 0 Å². The summed E-state index contributed by atoms with van der Waals surface area (Å²) in [6.45, 7) is 3.70. The zero-order valence-corrected chi connectivity index (χ0v) is 13.5. The second-order valence-corrected chi connectivity index (χ2v) is 5.82. The summed E-state index contributed by atoms with van der Waals surface area (Å²) in [6.07, 6.45) is 0. The van der Waals surface area contributed by atoms with Crippen molar-refractivity contribution in [1.82, 2.24) is 5.32 Å². The molecule has 0 aliphatic heterocycles. The van der Waals surface area contributed by atoms with E-state index >= 15 is 0 Å². The predicted molar refractivity (Wildman–Crippen MR) is 86.6 cm³/mol. The number of halogens is 1. The average molecular weight is 334 g/mol. The third-order valence-electron chi connectivity index (χ3n) is 3.28. The Morgan fingerprint density at radius 1 is 1.10 bits per heavy atom. The lowest BCUT2D eigenvalue weighted by Crippen LogP contribution is -2.18. The minimum atomic E-state index is 0.328. The van der Waals surface area contributed by atoms with Gasteiger partial charge < -0.3 is 10.1 Å². The quantitative estimate of drug-likeness (QED) is 0.843. The summed E-state index contributed by atoms with van der Waals surface area (Å²) < 4.78 is 6.28. The molecule has 0 heterocycles. The normalized spacial score (nSPS) is 12.3.